The van der Waals surface area contributed by atoms with E-state index in [1.807, 2.05) is 0 Å². The number of amides is 1. The van der Waals surface area contributed by atoms with E-state index in [0.717, 1.165) is 0 Å². The largest absolute Gasteiger partial charge is 0.494 e. The minimum absolute atomic E-state index is 0. The Balaban J connectivity index is 0.00000225. The van der Waals surface area contributed by atoms with E-state index < -0.39 is 11.9 Å². The highest BCUT2D eigenvalue weighted by atomic mass is 35.5. The number of carbonyl (C=O) groups excluding carboxylic acids is 1. The number of benzene rings is 1. The zero-order valence-corrected chi connectivity index (χ0v) is 9.81. The molecule has 0 saturated heterocycles. The molecule has 90 valence electrons. The van der Waals surface area contributed by atoms with Gasteiger partial charge in [-0.2, -0.15) is 0 Å². The first-order chi connectivity index (χ1) is 7.04. The third-order valence-corrected chi connectivity index (χ3v) is 1.84. The lowest BCUT2D eigenvalue weighted by atomic mass is 10.2. The molecule has 0 aliphatic rings. The van der Waals surface area contributed by atoms with Gasteiger partial charge in [-0.25, -0.2) is 4.39 Å². The number of hydrogen-bond donors (Lipinski definition) is 2. The molecule has 0 aromatic heterocycles. The molecule has 0 aliphatic carbocycles. The van der Waals surface area contributed by atoms with Crippen LogP contribution in [0.2, 0.25) is 0 Å². The molecule has 6 heteroatoms. The van der Waals surface area contributed by atoms with Crippen LogP contribution in [0.3, 0.4) is 0 Å². The van der Waals surface area contributed by atoms with Gasteiger partial charge in [-0.05, 0) is 19.1 Å². The molecule has 0 spiro atoms. The summed E-state index contributed by atoms with van der Waals surface area (Å²) in [7, 11) is 1.40. The lowest BCUT2D eigenvalue weighted by molar-refractivity contribution is -0.117. The summed E-state index contributed by atoms with van der Waals surface area (Å²) in [5, 5.41) is 2.53. The van der Waals surface area contributed by atoms with Crippen molar-refractivity contribution in [2.75, 3.05) is 12.4 Å². The zero-order chi connectivity index (χ0) is 11.4. The molecule has 1 rings (SSSR count). The van der Waals surface area contributed by atoms with E-state index in [1.165, 1.54) is 25.3 Å². The summed E-state index contributed by atoms with van der Waals surface area (Å²) >= 11 is 0. The van der Waals surface area contributed by atoms with Gasteiger partial charge >= 0.3 is 0 Å². The number of hydrogen-bond acceptors (Lipinski definition) is 3. The van der Waals surface area contributed by atoms with Crippen LogP contribution >= 0.6 is 12.4 Å². The summed E-state index contributed by atoms with van der Waals surface area (Å²) in [4.78, 5) is 11.3. The van der Waals surface area contributed by atoms with E-state index >= 15 is 0 Å². The third kappa shape index (κ3) is 3.67. The van der Waals surface area contributed by atoms with Crippen LogP contribution < -0.4 is 15.8 Å². The van der Waals surface area contributed by atoms with Crippen molar-refractivity contribution in [3.63, 3.8) is 0 Å². The first-order valence-corrected chi connectivity index (χ1v) is 4.44. The van der Waals surface area contributed by atoms with Crippen molar-refractivity contribution in [3.8, 4) is 5.75 Å². The van der Waals surface area contributed by atoms with Crippen LogP contribution in [0.15, 0.2) is 18.2 Å². The average molecular weight is 249 g/mol. The predicted molar refractivity (Wildman–Crippen MR) is 62.5 cm³/mol. The number of anilines is 1. The van der Waals surface area contributed by atoms with Crippen molar-refractivity contribution in [3.05, 3.63) is 24.0 Å². The molecular formula is C10H14ClFN2O2. The minimum atomic E-state index is -0.625. The summed E-state index contributed by atoms with van der Waals surface area (Å²) in [6.07, 6.45) is 0. The molecule has 0 heterocycles. The fourth-order valence-electron chi connectivity index (χ4n) is 1.01. The molecule has 1 amide bonds. The van der Waals surface area contributed by atoms with E-state index in [0.29, 0.717) is 5.69 Å². The Bertz CT molecular complexity index is 372. The summed E-state index contributed by atoms with van der Waals surface area (Å²) in [5.74, 6) is -0.505. The Labute approximate surface area is 99.4 Å². The van der Waals surface area contributed by atoms with Gasteiger partial charge < -0.3 is 15.8 Å². The fraction of sp³-hybridized carbons (Fsp3) is 0.300. The first kappa shape index (κ1) is 14.7. The van der Waals surface area contributed by atoms with Gasteiger partial charge in [0.1, 0.15) is 11.6 Å². The first-order valence-electron chi connectivity index (χ1n) is 4.44. The van der Waals surface area contributed by atoms with Crippen molar-refractivity contribution >= 4 is 24.0 Å². The molecule has 4 nitrogen and oxygen atoms in total. The highest BCUT2D eigenvalue weighted by Crippen LogP contribution is 2.24. The SMILES string of the molecule is COc1cc(F)ccc1NC(=O)[C@H](C)N.Cl. The smallest absolute Gasteiger partial charge is 0.241 e. The standard InChI is InChI=1S/C10H13FN2O2.ClH/c1-6(12)10(14)13-8-4-3-7(11)5-9(8)15-2;/h3-6H,12H2,1-2H3,(H,13,14);1H/t6-;/m0./s1. The molecule has 0 unspecified atom stereocenters. The monoisotopic (exact) mass is 248 g/mol. The van der Waals surface area contributed by atoms with Gasteiger partial charge in [-0.15, -0.1) is 12.4 Å². The minimum Gasteiger partial charge on any atom is -0.494 e. The highest BCUT2D eigenvalue weighted by Gasteiger charge is 2.11. The second-order valence-electron chi connectivity index (χ2n) is 3.12. The van der Waals surface area contributed by atoms with Crippen LogP contribution in [-0.2, 0) is 4.79 Å². The molecule has 1 atom stereocenters. The Hall–Kier alpha value is -1.33. The summed E-state index contributed by atoms with van der Waals surface area (Å²) in [5.41, 5.74) is 5.78. The van der Waals surface area contributed by atoms with Crippen molar-refractivity contribution < 1.29 is 13.9 Å². The van der Waals surface area contributed by atoms with Gasteiger partial charge in [0.05, 0.1) is 18.8 Å². The van der Waals surface area contributed by atoms with E-state index in [4.69, 9.17) is 10.5 Å². The van der Waals surface area contributed by atoms with Crippen LogP contribution in [0.5, 0.6) is 5.75 Å². The number of rotatable bonds is 3. The quantitative estimate of drug-likeness (QED) is 0.853. The van der Waals surface area contributed by atoms with Crippen LogP contribution in [0.25, 0.3) is 0 Å². The zero-order valence-electron chi connectivity index (χ0n) is 8.99. The summed E-state index contributed by atoms with van der Waals surface area (Å²) in [6.45, 7) is 1.56. The summed E-state index contributed by atoms with van der Waals surface area (Å²) < 4.78 is 17.7. The second kappa shape index (κ2) is 6.30. The number of nitrogens with one attached hydrogen (secondary N) is 1. The van der Waals surface area contributed by atoms with Crippen LogP contribution in [0.4, 0.5) is 10.1 Å². The fourth-order valence-corrected chi connectivity index (χ4v) is 1.01. The average Bonchev–Trinajstić information content (AvgIpc) is 2.20. The van der Waals surface area contributed by atoms with Crippen molar-refractivity contribution in [2.45, 2.75) is 13.0 Å². The number of halogens is 2. The summed E-state index contributed by atoms with van der Waals surface area (Å²) in [6, 6.07) is 3.23. The van der Waals surface area contributed by atoms with E-state index in [1.54, 1.807) is 6.92 Å². The normalized spacial score (nSPS) is 11.2. The second-order valence-corrected chi connectivity index (χ2v) is 3.12. The van der Waals surface area contributed by atoms with Crippen molar-refractivity contribution in [1.82, 2.24) is 0 Å². The maximum Gasteiger partial charge on any atom is 0.241 e. The maximum atomic E-state index is 12.8. The Morgan fingerprint density at radius 1 is 1.56 bits per heavy atom. The van der Waals surface area contributed by atoms with Crippen molar-refractivity contribution in [1.29, 1.82) is 0 Å². The molecule has 0 saturated carbocycles. The Morgan fingerprint density at radius 3 is 2.69 bits per heavy atom. The van der Waals surface area contributed by atoms with E-state index in [-0.39, 0.29) is 24.1 Å². The highest BCUT2D eigenvalue weighted by molar-refractivity contribution is 5.95. The van der Waals surface area contributed by atoms with E-state index in [2.05, 4.69) is 5.32 Å². The van der Waals surface area contributed by atoms with Gasteiger partial charge in [0.2, 0.25) is 5.91 Å². The van der Waals surface area contributed by atoms with Gasteiger partial charge in [-0.3, -0.25) is 4.79 Å². The molecule has 0 fully saturated rings. The molecule has 1 aromatic rings. The molecule has 3 N–H and O–H groups in total. The van der Waals surface area contributed by atoms with Crippen LogP contribution in [0.1, 0.15) is 6.92 Å². The maximum absolute atomic E-state index is 12.8. The number of carbonyl (C=O) groups is 1. The van der Waals surface area contributed by atoms with E-state index in [9.17, 15) is 9.18 Å². The lowest BCUT2D eigenvalue weighted by Crippen LogP contribution is -2.32. The molecule has 0 bridgehead atoms. The van der Waals surface area contributed by atoms with Gasteiger partial charge in [0.25, 0.3) is 0 Å². The molecule has 0 radical (unpaired) electrons. The molecule has 0 aliphatic heterocycles. The molecular weight excluding hydrogens is 235 g/mol. The van der Waals surface area contributed by atoms with Gasteiger partial charge in [0, 0.05) is 6.07 Å². The third-order valence-electron chi connectivity index (χ3n) is 1.84. The number of ether oxygens (including phenoxy) is 1. The van der Waals surface area contributed by atoms with Gasteiger partial charge in [-0.1, -0.05) is 0 Å². The van der Waals surface area contributed by atoms with Gasteiger partial charge in [0.15, 0.2) is 0 Å². The number of methoxy groups -OCH3 is 1. The Morgan fingerprint density at radius 2 is 2.19 bits per heavy atom. The van der Waals surface area contributed by atoms with Crippen molar-refractivity contribution in [2.24, 2.45) is 5.73 Å². The number of nitrogens with two attached hydrogens (primary N) is 1. The van der Waals surface area contributed by atoms with Crippen LogP contribution in [-0.4, -0.2) is 19.1 Å². The Kier molecular flexibility index (Phi) is 5.77. The predicted octanol–water partition coefficient (Wildman–Crippen LogP) is 1.54. The van der Waals surface area contributed by atoms with Crippen LogP contribution in [0, 0.1) is 5.82 Å². The molecule has 16 heavy (non-hydrogen) atoms. The topological polar surface area (TPSA) is 64.3 Å². The lowest BCUT2D eigenvalue weighted by Gasteiger charge is -2.11. The molecule has 1 aromatic carbocycles.